The first-order valence-corrected chi connectivity index (χ1v) is 6.22. The second-order valence-electron chi connectivity index (χ2n) is 5.03. The van der Waals surface area contributed by atoms with Crippen molar-refractivity contribution in [2.45, 2.75) is 26.0 Å². The molecule has 7 nitrogen and oxygen atoms in total. The molecular formula is C12H25N3O4. The van der Waals surface area contributed by atoms with E-state index in [1.165, 1.54) is 7.11 Å². The van der Waals surface area contributed by atoms with Gasteiger partial charge in [-0.3, -0.25) is 0 Å². The van der Waals surface area contributed by atoms with Gasteiger partial charge in [0.15, 0.2) is 6.10 Å². The highest BCUT2D eigenvalue weighted by Crippen LogP contribution is 2.02. The van der Waals surface area contributed by atoms with Gasteiger partial charge in [-0.25, -0.2) is 9.59 Å². The predicted molar refractivity (Wildman–Crippen MR) is 72.1 cm³/mol. The van der Waals surface area contributed by atoms with Crippen LogP contribution in [-0.2, 0) is 9.53 Å². The highest BCUT2D eigenvalue weighted by molar-refractivity contribution is 5.77. The van der Waals surface area contributed by atoms with Gasteiger partial charge < -0.3 is 25.4 Å². The van der Waals surface area contributed by atoms with E-state index in [1.54, 1.807) is 0 Å². The molecule has 112 valence electrons. The molecule has 0 aliphatic heterocycles. The van der Waals surface area contributed by atoms with Crippen LogP contribution < -0.4 is 10.6 Å². The first kappa shape index (κ1) is 17.7. The normalized spacial score (nSPS) is 14.3. The zero-order chi connectivity index (χ0) is 15.0. The summed E-state index contributed by atoms with van der Waals surface area (Å²) in [5.41, 5.74) is 0. The Bertz CT molecular complexity index is 295. The number of hydrogen-bond acceptors (Lipinski definition) is 4. The van der Waals surface area contributed by atoms with E-state index in [-0.39, 0.29) is 24.5 Å². The number of aliphatic carboxylic acids is 1. The SMILES string of the molecule is COC(CNC(=O)NC(CN(C)C)C(C)C)C(=O)O. The van der Waals surface area contributed by atoms with Crippen molar-refractivity contribution in [3.05, 3.63) is 0 Å². The van der Waals surface area contributed by atoms with E-state index in [0.717, 1.165) is 6.54 Å². The molecule has 0 rings (SSSR count). The lowest BCUT2D eigenvalue weighted by atomic mass is 10.0. The lowest BCUT2D eigenvalue weighted by Gasteiger charge is -2.26. The highest BCUT2D eigenvalue weighted by atomic mass is 16.5. The number of ether oxygens (including phenoxy) is 1. The van der Waals surface area contributed by atoms with Gasteiger partial charge in [0.25, 0.3) is 0 Å². The molecule has 0 aliphatic carbocycles. The van der Waals surface area contributed by atoms with E-state index in [9.17, 15) is 9.59 Å². The second kappa shape index (κ2) is 8.71. The molecule has 0 aliphatic rings. The molecule has 0 aromatic rings. The minimum absolute atomic E-state index is 0.000762. The van der Waals surface area contributed by atoms with Crippen molar-refractivity contribution >= 4 is 12.0 Å². The first-order chi connectivity index (χ1) is 8.77. The Kier molecular flexibility index (Phi) is 8.09. The van der Waals surface area contributed by atoms with Crippen molar-refractivity contribution in [3.8, 4) is 0 Å². The third kappa shape index (κ3) is 7.63. The molecule has 0 saturated carbocycles. The molecule has 0 bridgehead atoms. The number of nitrogens with zero attached hydrogens (tertiary/aromatic N) is 1. The maximum atomic E-state index is 11.7. The van der Waals surface area contributed by atoms with Gasteiger partial charge in [0.2, 0.25) is 0 Å². The molecule has 0 fully saturated rings. The predicted octanol–water partition coefficient (Wildman–Crippen LogP) is -0.0286. The molecule has 0 heterocycles. The average molecular weight is 275 g/mol. The van der Waals surface area contributed by atoms with Gasteiger partial charge in [-0.05, 0) is 20.0 Å². The Hall–Kier alpha value is -1.34. The zero-order valence-corrected chi connectivity index (χ0v) is 12.3. The maximum absolute atomic E-state index is 11.7. The van der Waals surface area contributed by atoms with E-state index in [0.29, 0.717) is 0 Å². The van der Waals surface area contributed by atoms with Gasteiger partial charge in [0.05, 0.1) is 6.54 Å². The van der Waals surface area contributed by atoms with Gasteiger partial charge in [-0.2, -0.15) is 0 Å². The third-order valence-corrected chi connectivity index (χ3v) is 2.69. The topological polar surface area (TPSA) is 90.9 Å². The number of nitrogens with one attached hydrogen (secondary N) is 2. The lowest BCUT2D eigenvalue weighted by Crippen LogP contribution is -2.50. The summed E-state index contributed by atoms with van der Waals surface area (Å²) in [6, 6.07) is -0.385. The van der Waals surface area contributed by atoms with E-state index < -0.39 is 12.1 Å². The van der Waals surface area contributed by atoms with Gasteiger partial charge in [-0.1, -0.05) is 13.8 Å². The molecule has 0 aromatic heterocycles. The van der Waals surface area contributed by atoms with Crippen LogP contribution in [0.15, 0.2) is 0 Å². The first-order valence-electron chi connectivity index (χ1n) is 6.22. The van der Waals surface area contributed by atoms with Crippen LogP contribution in [0.1, 0.15) is 13.8 Å². The number of carboxylic acids is 1. The largest absolute Gasteiger partial charge is 0.479 e. The number of urea groups is 1. The Morgan fingerprint density at radius 3 is 2.26 bits per heavy atom. The van der Waals surface area contributed by atoms with Crippen molar-refractivity contribution < 1.29 is 19.4 Å². The number of carbonyl (C=O) groups is 2. The second-order valence-corrected chi connectivity index (χ2v) is 5.03. The van der Waals surface area contributed by atoms with Crippen LogP contribution in [-0.4, -0.2) is 68.4 Å². The van der Waals surface area contributed by atoms with E-state index in [4.69, 9.17) is 9.84 Å². The van der Waals surface area contributed by atoms with Crippen molar-refractivity contribution in [1.29, 1.82) is 0 Å². The molecule has 2 unspecified atom stereocenters. The highest BCUT2D eigenvalue weighted by Gasteiger charge is 2.20. The summed E-state index contributed by atoms with van der Waals surface area (Å²) < 4.78 is 4.73. The van der Waals surface area contributed by atoms with Crippen molar-refractivity contribution in [2.75, 3.05) is 34.3 Å². The standard InChI is InChI=1S/C12H25N3O4/c1-8(2)9(7-15(3)4)14-12(18)13-6-10(19-5)11(16)17/h8-10H,6-7H2,1-5H3,(H,16,17)(H2,13,14,18). The fourth-order valence-corrected chi connectivity index (χ4v) is 1.49. The van der Waals surface area contributed by atoms with Crippen LogP contribution in [0.5, 0.6) is 0 Å². The summed E-state index contributed by atoms with van der Waals surface area (Å²) in [7, 11) is 5.15. The van der Waals surface area contributed by atoms with Crippen LogP contribution in [0.3, 0.4) is 0 Å². The molecule has 3 N–H and O–H groups in total. The fourth-order valence-electron chi connectivity index (χ4n) is 1.49. The number of hydrogen-bond donors (Lipinski definition) is 3. The molecule has 0 saturated heterocycles. The van der Waals surface area contributed by atoms with E-state index >= 15 is 0 Å². The Balaban J connectivity index is 4.23. The van der Waals surface area contributed by atoms with E-state index in [1.807, 2.05) is 32.8 Å². The summed E-state index contributed by atoms with van der Waals surface area (Å²) in [6.45, 7) is 4.69. The number of carbonyl (C=O) groups excluding carboxylic acids is 1. The van der Waals surface area contributed by atoms with Gasteiger partial charge in [0.1, 0.15) is 0 Å². The average Bonchev–Trinajstić information content (AvgIpc) is 2.27. The number of amides is 2. The smallest absolute Gasteiger partial charge is 0.334 e. The van der Waals surface area contributed by atoms with Crippen LogP contribution in [0.25, 0.3) is 0 Å². The zero-order valence-electron chi connectivity index (χ0n) is 12.3. The fraction of sp³-hybridized carbons (Fsp3) is 0.833. The molecular weight excluding hydrogens is 250 g/mol. The van der Waals surface area contributed by atoms with E-state index in [2.05, 4.69) is 10.6 Å². The summed E-state index contributed by atoms with van der Waals surface area (Å²) in [5, 5.41) is 14.1. The molecule has 2 amide bonds. The molecule has 0 spiro atoms. The van der Waals surface area contributed by atoms with Crippen LogP contribution in [0, 0.1) is 5.92 Å². The van der Waals surface area contributed by atoms with Crippen molar-refractivity contribution in [3.63, 3.8) is 0 Å². The molecule has 0 aromatic carbocycles. The van der Waals surface area contributed by atoms with Gasteiger partial charge in [0, 0.05) is 19.7 Å². The van der Waals surface area contributed by atoms with Crippen LogP contribution in [0.2, 0.25) is 0 Å². The van der Waals surface area contributed by atoms with Crippen LogP contribution >= 0.6 is 0 Å². The summed E-state index contributed by atoms with van der Waals surface area (Å²) >= 11 is 0. The summed E-state index contributed by atoms with van der Waals surface area (Å²) in [4.78, 5) is 24.4. The van der Waals surface area contributed by atoms with Gasteiger partial charge in [-0.15, -0.1) is 0 Å². The molecule has 19 heavy (non-hydrogen) atoms. The molecule has 2 atom stereocenters. The van der Waals surface area contributed by atoms with Crippen molar-refractivity contribution in [2.24, 2.45) is 5.92 Å². The molecule has 0 radical (unpaired) electrons. The Labute approximate surface area is 114 Å². The molecule has 7 heteroatoms. The van der Waals surface area contributed by atoms with Crippen LogP contribution in [0.4, 0.5) is 4.79 Å². The summed E-state index contributed by atoms with van der Waals surface area (Å²) in [6.07, 6.45) is -1.03. The Morgan fingerprint density at radius 2 is 1.89 bits per heavy atom. The minimum atomic E-state index is -1.10. The summed E-state index contributed by atoms with van der Waals surface area (Å²) in [5.74, 6) is -0.817. The number of rotatable bonds is 8. The number of methoxy groups -OCH3 is 1. The van der Waals surface area contributed by atoms with Gasteiger partial charge >= 0.3 is 12.0 Å². The Morgan fingerprint density at radius 1 is 1.32 bits per heavy atom. The van der Waals surface area contributed by atoms with Crippen molar-refractivity contribution in [1.82, 2.24) is 15.5 Å². The quantitative estimate of drug-likeness (QED) is 0.579. The maximum Gasteiger partial charge on any atom is 0.334 e. The number of carboxylic acid groups (broad SMARTS) is 1. The third-order valence-electron chi connectivity index (χ3n) is 2.69. The lowest BCUT2D eigenvalue weighted by molar-refractivity contribution is -0.147. The number of likely N-dealkylation sites (N-methyl/N-ethyl adjacent to an activating group) is 1. The monoisotopic (exact) mass is 275 g/mol. The minimum Gasteiger partial charge on any atom is -0.479 e.